The number of nitrogens with zero attached hydrogens (tertiary/aromatic N) is 1. The second-order valence-corrected chi connectivity index (χ2v) is 7.20. The fourth-order valence-electron chi connectivity index (χ4n) is 2.37. The number of nitrogens with one attached hydrogen (secondary N) is 1. The van der Waals surface area contributed by atoms with E-state index in [1.807, 2.05) is 0 Å². The lowest BCUT2D eigenvalue weighted by atomic mass is 9.89. The molecule has 1 saturated carbocycles. The van der Waals surface area contributed by atoms with E-state index in [0.29, 0.717) is 6.54 Å². The highest BCUT2D eigenvalue weighted by Crippen LogP contribution is 2.39. The fourth-order valence-corrected chi connectivity index (χ4v) is 4.28. The zero-order valence-corrected chi connectivity index (χ0v) is 12.8. The lowest BCUT2D eigenvalue weighted by Crippen LogP contribution is -2.37. The third-order valence-electron chi connectivity index (χ3n) is 3.56. The molecule has 2 rings (SSSR count). The van der Waals surface area contributed by atoms with Crippen LogP contribution in [-0.2, 0) is 10.0 Å². The zero-order chi connectivity index (χ0) is 13.9. The number of aromatic nitrogens is 1. The summed E-state index contributed by atoms with van der Waals surface area (Å²) in [4.78, 5) is 3.61. The largest absolute Gasteiger partial charge is 0.261 e. The average molecular weight is 351 g/mol. The predicted molar refractivity (Wildman–Crippen MR) is 74.1 cm³/mol. The SMILES string of the molecule is O=S(=O)(NCC1(CBr)CCCC1)c1ncccc1F. The molecule has 1 aliphatic carbocycles. The molecule has 0 unspecified atom stereocenters. The number of halogens is 2. The molecule has 106 valence electrons. The quantitative estimate of drug-likeness (QED) is 0.829. The number of hydrogen-bond donors (Lipinski definition) is 1. The van der Waals surface area contributed by atoms with Gasteiger partial charge in [-0.1, -0.05) is 28.8 Å². The summed E-state index contributed by atoms with van der Waals surface area (Å²) in [5, 5.41) is 0.213. The summed E-state index contributed by atoms with van der Waals surface area (Å²) in [6, 6.07) is 2.46. The smallest absolute Gasteiger partial charge is 0.241 e. The molecular formula is C12H16BrFN2O2S. The molecule has 1 aromatic heterocycles. The van der Waals surface area contributed by atoms with Crippen LogP contribution in [0.2, 0.25) is 0 Å². The van der Waals surface area contributed by atoms with Crippen LogP contribution in [-0.4, -0.2) is 25.3 Å². The normalized spacial score (nSPS) is 18.6. The van der Waals surface area contributed by atoms with Gasteiger partial charge in [0.15, 0.2) is 5.82 Å². The Morgan fingerprint density at radius 1 is 1.42 bits per heavy atom. The van der Waals surface area contributed by atoms with Crippen molar-refractivity contribution in [3.63, 3.8) is 0 Å². The molecular weight excluding hydrogens is 335 g/mol. The van der Waals surface area contributed by atoms with Gasteiger partial charge in [0.05, 0.1) is 0 Å². The van der Waals surface area contributed by atoms with Crippen LogP contribution in [0.15, 0.2) is 23.4 Å². The Hall–Kier alpha value is -0.530. The molecule has 1 N–H and O–H groups in total. The van der Waals surface area contributed by atoms with Gasteiger partial charge in [0, 0.05) is 18.1 Å². The van der Waals surface area contributed by atoms with E-state index >= 15 is 0 Å². The van der Waals surface area contributed by atoms with Crippen molar-refractivity contribution in [3.8, 4) is 0 Å². The van der Waals surface area contributed by atoms with Crippen molar-refractivity contribution in [2.24, 2.45) is 5.41 Å². The number of pyridine rings is 1. The first kappa shape index (κ1) is 14.9. The molecule has 1 heterocycles. The molecule has 0 atom stereocenters. The lowest BCUT2D eigenvalue weighted by molar-refractivity contribution is 0.347. The molecule has 0 bridgehead atoms. The third kappa shape index (κ3) is 3.32. The highest BCUT2D eigenvalue weighted by Gasteiger charge is 2.34. The van der Waals surface area contributed by atoms with Crippen LogP contribution in [0.25, 0.3) is 0 Å². The van der Waals surface area contributed by atoms with E-state index in [-0.39, 0.29) is 5.41 Å². The van der Waals surface area contributed by atoms with Crippen molar-refractivity contribution >= 4 is 26.0 Å². The average Bonchev–Trinajstić information content (AvgIpc) is 2.86. The van der Waals surface area contributed by atoms with Gasteiger partial charge >= 0.3 is 0 Å². The van der Waals surface area contributed by atoms with Crippen molar-refractivity contribution in [2.75, 3.05) is 11.9 Å². The lowest BCUT2D eigenvalue weighted by Gasteiger charge is -2.26. The summed E-state index contributed by atoms with van der Waals surface area (Å²) in [7, 11) is -3.88. The predicted octanol–water partition coefficient (Wildman–Crippen LogP) is 2.45. The van der Waals surface area contributed by atoms with E-state index in [0.717, 1.165) is 37.1 Å². The van der Waals surface area contributed by atoms with Crippen LogP contribution in [0.1, 0.15) is 25.7 Å². The van der Waals surface area contributed by atoms with Gasteiger partial charge < -0.3 is 0 Å². The Labute approximate surface area is 121 Å². The van der Waals surface area contributed by atoms with Crippen LogP contribution < -0.4 is 4.72 Å². The van der Waals surface area contributed by atoms with Crippen LogP contribution >= 0.6 is 15.9 Å². The molecule has 1 aromatic rings. The van der Waals surface area contributed by atoms with Gasteiger partial charge in [-0.2, -0.15) is 0 Å². The number of rotatable bonds is 5. The topological polar surface area (TPSA) is 59.1 Å². The number of sulfonamides is 1. The molecule has 0 spiro atoms. The Balaban J connectivity index is 2.12. The van der Waals surface area contributed by atoms with E-state index in [1.165, 1.54) is 12.3 Å². The second kappa shape index (κ2) is 5.85. The molecule has 1 fully saturated rings. The fraction of sp³-hybridized carbons (Fsp3) is 0.583. The maximum Gasteiger partial charge on any atom is 0.261 e. The highest BCUT2D eigenvalue weighted by atomic mass is 79.9. The summed E-state index contributed by atoms with van der Waals surface area (Å²) >= 11 is 3.45. The Morgan fingerprint density at radius 3 is 2.68 bits per heavy atom. The van der Waals surface area contributed by atoms with E-state index in [1.54, 1.807) is 0 Å². The van der Waals surface area contributed by atoms with Crippen LogP contribution in [0, 0.1) is 11.2 Å². The summed E-state index contributed by atoms with van der Waals surface area (Å²) < 4.78 is 40.0. The maximum absolute atomic E-state index is 13.5. The maximum atomic E-state index is 13.5. The van der Waals surface area contributed by atoms with Gasteiger partial charge in [-0.3, -0.25) is 0 Å². The van der Waals surface area contributed by atoms with Crippen molar-refractivity contribution in [3.05, 3.63) is 24.1 Å². The first-order valence-electron chi connectivity index (χ1n) is 6.15. The van der Waals surface area contributed by atoms with E-state index in [4.69, 9.17) is 0 Å². The minimum Gasteiger partial charge on any atom is -0.241 e. The molecule has 0 aliphatic heterocycles. The third-order valence-corrected chi connectivity index (χ3v) is 6.09. The first-order chi connectivity index (χ1) is 8.99. The molecule has 7 heteroatoms. The van der Waals surface area contributed by atoms with Crippen molar-refractivity contribution < 1.29 is 12.8 Å². The van der Waals surface area contributed by atoms with E-state index in [2.05, 4.69) is 25.6 Å². The molecule has 0 saturated heterocycles. The monoisotopic (exact) mass is 350 g/mol. The van der Waals surface area contributed by atoms with Gasteiger partial charge in [0.1, 0.15) is 0 Å². The zero-order valence-electron chi connectivity index (χ0n) is 10.4. The summed E-state index contributed by atoms with van der Waals surface area (Å²) in [6.07, 6.45) is 5.43. The molecule has 1 aliphatic rings. The molecule has 0 aromatic carbocycles. The molecule has 19 heavy (non-hydrogen) atoms. The van der Waals surface area contributed by atoms with Gasteiger partial charge in [-0.05, 0) is 30.4 Å². The standard InChI is InChI=1S/C12H16BrFN2O2S/c13-8-12(5-1-2-6-12)9-16-19(17,18)11-10(14)4-3-7-15-11/h3-4,7,16H,1-2,5-6,8-9H2. The van der Waals surface area contributed by atoms with Gasteiger partial charge in [-0.15, -0.1) is 0 Å². The van der Waals surface area contributed by atoms with Crippen molar-refractivity contribution in [2.45, 2.75) is 30.7 Å². The van der Waals surface area contributed by atoms with Gasteiger partial charge in [0.2, 0.25) is 5.03 Å². The first-order valence-corrected chi connectivity index (χ1v) is 8.76. The molecule has 4 nitrogen and oxygen atoms in total. The van der Waals surface area contributed by atoms with Crippen LogP contribution in [0.3, 0.4) is 0 Å². The number of hydrogen-bond acceptors (Lipinski definition) is 3. The van der Waals surface area contributed by atoms with Crippen LogP contribution in [0.5, 0.6) is 0 Å². The summed E-state index contributed by atoms with van der Waals surface area (Å²) in [5.41, 5.74) is -0.0572. The van der Waals surface area contributed by atoms with Crippen LogP contribution in [0.4, 0.5) is 4.39 Å². The Morgan fingerprint density at radius 2 is 2.11 bits per heavy atom. The minimum atomic E-state index is -3.88. The summed E-state index contributed by atoms with van der Waals surface area (Å²) in [5.74, 6) is -0.825. The van der Waals surface area contributed by atoms with E-state index in [9.17, 15) is 12.8 Å². The summed E-state index contributed by atoms with van der Waals surface area (Å²) in [6.45, 7) is 0.316. The van der Waals surface area contributed by atoms with Gasteiger partial charge in [0.25, 0.3) is 10.0 Å². The van der Waals surface area contributed by atoms with E-state index < -0.39 is 20.9 Å². The van der Waals surface area contributed by atoms with Crippen molar-refractivity contribution in [1.82, 2.24) is 9.71 Å². The number of alkyl halides is 1. The highest BCUT2D eigenvalue weighted by molar-refractivity contribution is 9.09. The second-order valence-electron chi connectivity index (χ2n) is 4.96. The molecule has 0 amide bonds. The molecule has 0 radical (unpaired) electrons. The Kier molecular flexibility index (Phi) is 4.58. The van der Waals surface area contributed by atoms with Gasteiger partial charge in [-0.25, -0.2) is 22.5 Å². The minimum absolute atomic E-state index is 0.0572. The Bertz CT molecular complexity index is 544. The van der Waals surface area contributed by atoms with Crippen molar-refractivity contribution in [1.29, 1.82) is 0 Å².